The monoisotopic (exact) mass is 234 g/mol. The summed E-state index contributed by atoms with van der Waals surface area (Å²) in [5, 5.41) is 0. The van der Waals surface area contributed by atoms with Crippen molar-refractivity contribution in [2.24, 2.45) is 5.73 Å². The Kier molecular flexibility index (Phi) is 5.49. The Balaban J connectivity index is 2.73. The lowest BCUT2D eigenvalue weighted by molar-refractivity contribution is 0.616. The minimum atomic E-state index is 0.169. The maximum absolute atomic E-state index is 6.01. The number of nitrogens with zero attached hydrogens (tertiary/aromatic N) is 1. The van der Waals surface area contributed by atoms with E-state index in [-0.39, 0.29) is 6.04 Å². The van der Waals surface area contributed by atoms with Gasteiger partial charge in [0.15, 0.2) is 0 Å². The van der Waals surface area contributed by atoms with Gasteiger partial charge in [0, 0.05) is 24.8 Å². The van der Waals surface area contributed by atoms with Gasteiger partial charge in [-0.2, -0.15) is 0 Å². The van der Waals surface area contributed by atoms with Crippen LogP contribution < -0.4 is 10.6 Å². The summed E-state index contributed by atoms with van der Waals surface area (Å²) in [4.78, 5) is 2.34. The molecule has 1 aromatic carbocycles. The van der Waals surface area contributed by atoms with Gasteiger partial charge in [0.1, 0.15) is 0 Å². The van der Waals surface area contributed by atoms with Crippen molar-refractivity contribution < 1.29 is 0 Å². The largest absolute Gasteiger partial charge is 0.372 e. The maximum atomic E-state index is 6.01. The first-order chi connectivity index (χ1) is 8.10. The first-order valence-electron chi connectivity index (χ1n) is 6.68. The normalized spacial score (nSPS) is 14.4. The summed E-state index contributed by atoms with van der Waals surface area (Å²) < 4.78 is 0. The zero-order chi connectivity index (χ0) is 12.8. The quantitative estimate of drug-likeness (QED) is 0.813. The van der Waals surface area contributed by atoms with Crippen LogP contribution in [0.5, 0.6) is 0 Å². The minimum absolute atomic E-state index is 0.169. The van der Waals surface area contributed by atoms with Crippen LogP contribution in [0.25, 0.3) is 0 Å². The summed E-state index contributed by atoms with van der Waals surface area (Å²) in [5.41, 5.74) is 8.52. The highest BCUT2D eigenvalue weighted by Gasteiger charge is 2.09. The molecule has 2 atom stereocenters. The molecular formula is C15H26N2. The number of benzene rings is 1. The fraction of sp³-hybridized carbons (Fsp3) is 0.600. The second-order valence-corrected chi connectivity index (χ2v) is 4.85. The molecule has 2 N–H and O–H groups in total. The highest BCUT2D eigenvalue weighted by Crippen LogP contribution is 2.21. The van der Waals surface area contributed by atoms with Crippen LogP contribution in [0.4, 0.5) is 5.69 Å². The zero-order valence-corrected chi connectivity index (χ0v) is 11.6. The number of hydrogen-bond donors (Lipinski definition) is 1. The molecule has 1 aromatic rings. The lowest BCUT2D eigenvalue weighted by atomic mass is 10.0. The van der Waals surface area contributed by atoms with Crippen molar-refractivity contribution in [3.63, 3.8) is 0 Å². The Morgan fingerprint density at radius 3 is 2.24 bits per heavy atom. The van der Waals surface area contributed by atoms with Gasteiger partial charge in [-0.1, -0.05) is 32.4 Å². The topological polar surface area (TPSA) is 29.3 Å². The first kappa shape index (κ1) is 14.0. The average molecular weight is 234 g/mol. The Bertz CT molecular complexity index is 318. The predicted molar refractivity (Wildman–Crippen MR) is 76.4 cm³/mol. The fourth-order valence-corrected chi connectivity index (χ4v) is 2.06. The molecule has 0 bridgehead atoms. The summed E-state index contributed by atoms with van der Waals surface area (Å²) >= 11 is 0. The van der Waals surface area contributed by atoms with Crippen molar-refractivity contribution in [2.75, 3.05) is 11.9 Å². The average Bonchev–Trinajstić information content (AvgIpc) is 2.37. The Hall–Kier alpha value is -1.02. The molecule has 0 aromatic heterocycles. The SMILES string of the molecule is CCCC(C)N(C)c1ccc([C@@H](N)CC)cc1. The lowest BCUT2D eigenvalue weighted by Crippen LogP contribution is -2.28. The molecule has 0 saturated carbocycles. The van der Waals surface area contributed by atoms with Crippen molar-refractivity contribution in [1.82, 2.24) is 0 Å². The highest BCUT2D eigenvalue weighted by atomic mass is 15.1. The molecule has 1 unspecified atom stereocenters. The standard InChI is InChI=1S/C15H26N2/c1-5-7-12(3)17(4)14-10-8-13(9-11-14)15(16)6-2/h8-12,15H,5-7,16H2,1-4H3/t12?,15-/m0/s1. The van der Waals surface area contributed by atoms with E-state index in [0.717, 1.165) is 6.42 Å². The molecule has 0 spiro atoms. The smallest absolute Gasteiger partial charge is 0.0366 e. The molecule has 0 saturated heterocycles. The Morgan fingerprint density at radius 1 is 1.18 bits per heavy atom. The van der Waals surface area contributed by atoms with Crippen LogP contribution >= 0.6 is 0 Å². The number of rotatable bonds is 6. The highest BCUT2D eigenvalue weighted by molar-refractivity contribution is 5.48. The van der Waals surface area contributed by atoms with Gasteiger partial charge in [0.25, 0.3) is 0 Å². The van der Waals surface area contributed by atoms with E-state index in [9.17, 15) is 0 Å². The Morgan fingerprint density at radius 2 is 1.76 bits per heavy atom. The van der Waals surface area contributed by atoms with E-state index in [2.05, 4.69) is 57.0 Å². The summed E-state index contributed by atoms with van der Waals surface area (Å²) in [6, 6.07) is 9.42. The molecule has 17 heavy (non-hydrogen) atoms. The third kappa shape index (κ3) is 3.74. The van der Waals surface area contributed by atoms with Crippen molar-refractivity contribution in [3.8, 4) is 0 Å². The van der Waals surface area contributed by atoms with Gasteiger partial charge in [-0.15, -0.1) is 0 Å². The molecule has 0 aliphatic rings. The van der Waals surface area contributed by atoms with Crippen LogP contribution in [-0.2, 0) is 0 Å². The van der Waals surface area contributed by atoms with Crippen LogP contribution in [0.15, 0.2) is 24.3 Å². The van der Waals surface area contributed by atoms with Gasteiger partial charge in [-0.3, -0.25) is 0 Å². The minimum Gasteiger partial charge on any atom is -0.372 e. The molecule has 0 aliphatic heterocycles. The fourth-order valence-electron chi connectivity index (χ4n) is 2.06. The van der Waals surface area contributed by atoms with E-state index in [0.29, 0.717) is 6.04 Å². The second-order valence-electron chi connectivity index (χ2n) is 4.85. The van der Waals surface area contributed by atoms with Gasteiger partial charge in [-0.25, -0.2) is 0 Å². The Labute approximate surface area is 106 Å². The van der Waals surface area contributed by atoms with Crippen LogP contribution in [0, 0.1) is 0 Å². The van der Waals surface area contributed by atoms with Crippen molar-refractivity contribution >= 4 is 5.69 Å². The summed E-state index contributed by atoms with van der Waals surface area (Å²) in [6.45, 7) is 6.62. The van der Waals surface area contributed by atoms with E-state index in [1.54, 1.807) is 0 Å². The van der Waals surface area contributed by atoms with Crippen molar-refractivity contribution in [2.45, 2.75) is 52.1 Å². The lowest BCUT2D eigenvalue weighted by Gasteiger charge is -2.27. The molecule has 2 nitrogen and oxygen atoms in total. The molecule has 0 aliphatic carbocycles. The maximum Gasteiger partial charge on any atom is 0.0366 e. The van der Waals surface area contributed by atoms with E-state index >= 15 is 0 Å². The van der Waals surface area contributed by atoms with Crippen molar-refractivity contribution in [3.05, 3.63) is 29.8 Å². The van der Waals surface area contributed by atoms with Gasteiger partial charge in [0.05, 0.1) is 0 Å². The molecule has 1 rings (SSSR count). The van der Waals surface area contributed by atoms with Crippen LogP contribution in [-0.4, -0.2) is 13.1 Å². The van der Waals surface area contributed by atoms with E-state index in [1.807, 2.05) is 0 Å². The summed E-state index contributed by atoms with van der Waals surface area (Å²) in [5.74, 6) is 0. The number of nitrogens with two attached hydrogens (primary N) is 1. The van der Waals surface area contributed by atoms with Crippen molar-refractivity contribution in [1.29, 1.82) is 0 Å². The molecule has 0 fully saturated rings. The van der Waals surface area contributed by atoms with E-state index in [1.165, 1.54) is 24.1 Å². The molecule has 0 radical (unpaired) electrons. The molecule has 2 heteroatoms. The third-order valence-electron chi connectivity index (χ3n) is 3.54. The van der Waals surface area contributed by atoms with Crippen LogP contribution in [0.2, 0.25) is 0 Å². The van der Waals surface area contributed by atoms with Crippen LogP contribution in [0.3, 0.4) is 0 Å². The van der Waals surface area contributed by atoms with Gasteiger partial charge in [-0.05, 0) is 37.5 Å². The predicted octanol–water partition coefficient (Wildman–Crippen LogP) is 3.72. The third-order valence-corrected chi connectivity index (χ3v) is 3.54. The molecular weight excluding hydrogens is 208 g/mol. The summed E-state index contributed by atoms with van der Waals surface area (Å²) in [7, 11) is 2.16. The second kappa shape index (κ2) is 6.65. The van der Waals surface area contributed by atoms with Gasteiger partial charge >= 0.3 is 0 Å². The molecule has 0 amide bonds. The molecule has 0 heterocycles. The zero-order valence-electron chi connectivity index (χ0n) is 11.6. The van der Waals surface area contributed by atoms with Crippen LogP contribution in [0.1, 0.15) is 51.6 Å². The van der Waals surface area contributed by atoms with E-state index in [4.69, 9.17) is 5.73 Å². The number of anilines is 1. The van der Waals surface area contributed by atoms with E-state index < -0.39 is 0 Å². The number of hydrogen-bond acceptors (Lipinski definition) is 2. The van der Waals surface area contributed by atoms with Gasteiger partial charge < -0.3 is 10.6 Å². The summed E-state index contributed by atoms with van der Waals surface area (Å²) in [6.07, 6.45) is 3.44. The van der Waals surface area contributed by atoms with Gasteiger partial charge in [0.2, 0.25) is 0 Å². The molecule has 96 valence electrons. The first-order valence-corrected chi connectivity index (χ1v) is 6.68.